The van der Waals surface area contributed by atoms with Gasteiger partial charge in [0.1, 0.15) is 12.0 Å². The number of rotatable bonds is 4. The lowest BCUT2D eigenvalue weighted by Crippen LogP contribution is -2.43. The van der Waals surface area contributed by atoms with E-state index >= 15 is 0 Å². The molecule has 0 bridgehead atoms. The van der Waals surface area contributed by atoms with Gasteiger partial charge in [-0.25, -0.2) is 0 Å². The van der Waals surface area contributed by atoms with Crippen LogP contribution < -0.4 is 10.1 Å². The number of likely N-dealkylation sites (tertiary alicyclic amines) is 1. The zero-order valence-corrected chi connectivity index (χ0v) is 14.2. The number of hydrogen-bond donors (Lipinski definition) is 1. The second kappa shape index (κ2) is 7.73. The molecule has 2 heterocycles. The monoisotopic (exact) mass is 382 g/mol. The Labute approximate surface area is 152 Å². The molecular weight excluding hydrogens is 365 g/mol. The van der Waals surface area contributed by atoms with E-state index in [0.29, 0.717) is 30.6 Å². The first kappa shape index (κ1) is 18.8. The lowest BCUT2D eigenvalue weighted by atomic mass is 9.96. The highest BCUT2D eigenvalue weighted by Gasteiger charge is 2.31. The summed E-state index contributed by atoms with van der Waals surface area (Å²) in [4.78, 5) is 26.4. The first-order chi connectivity index (χ1) is 12.8. The van der Waals surface area contributed by atoms with Crippen LogP contribution >= 0.6 is 0 Å². The Morgan fingerprint density at radius 3 is 2.56 bits per heavy atom. The van der Waals surface area contributed by atoms with E-state index in [2.05, 4.69) is 10.1 Å². The van der Waals surface area contributed by atoms with Crippen LogP contribution in [0.15, 0.2) is 47.3 Å². The summed E-state index contributed by atoms with van der Waals surface area (Å²) in [6.07, 6.45) is -0.696. The second-order valence-corrected chi connectivity index (χ2v) is 6.16. The fourth-order valence-electron chi connectivity index (χ4n) is 2.93. The number of carbonyl (C=O) groups excluding carboxylic acids is 2. The molecule has 0 aliphatic carbocycles. The van der Waals surface area contributed by atoms with Gasteiger partial charge in [-0.3, -0.25) is 9.59 Å². The van der Waals surface area contributed by atoms with Crippen molar-refractivity contribution in [3.63, 3.8) is 0 Å². The van der Waals surface area contributed by atoms with E-state index in [-0.39, 0.29) is 24.1 Å². The van der Waals surface area contributed by atoms with Crippen LogP contribution in [0.1, 0.15) is 23.2 Å². The zero-order chi connectivity index (χ0) is 19.4. The van der Waals surface area contributed by atoms with Crippen molar-refractivity contribution in [2.45, 2.75) is 19.2 Å². The zero-order valence-electron chi connectivity index (χ0n) is 14.2. The average molecular weight is 382 g/mol. The lowest BCUT2D eigenvalue weighted by Gasteiger charge is -2.31. The summed E-state index contributed by atoms with van der Waals surface area (Å²) in [5.74, 6) is -1.25. The number of alkyl halides is 3. The van der Waals surface area contributed by atoms with E-state index in [1.54, 1.807) is 11.0 Å². The molecule has 1 atom stereocenters. The third kappa shape index (κ3) is 5.02. The largest absolute Gasteiger partial charge is 0.573 e. The van der Waals surface area contributed by atoms with Gasteiger partial charge in [-0.05, 0) is 43.2 Å². The molecule has 0 spiro atoms. The molecule has 2 aromatic rings. The summed E-state index contributed by atoms with van der Waals surface area (Å²) in [6, 6.07) is 6.47. The van der Waals surface area contributed by atoms with Crippen molar-refractivity contribution in [3.8, 4) is 5.75 Å². The maximum absolute atomic E-state index is 12.5. The molecule has 6 nitrogen and oxygen atoms in total. The Hall–Kier alpha value is -2.97. The molecule has 1 unspecified atom stereocenters. The Morgan fingerprint density at radius 2 is 1.93 bits per heavy atom. The maximum atomic E-state index is 12.5. The van der Waals surface area contributed by atoms with Gasteiger partial charge < -0.3 is 19.4 Å². The van der Waals surface area contributed by atoms with Crippen LogP contribution in [0.25, 0.3) is 0 Å². The maximum Gasteiger partial charge on any atom is 0.573 e. The van der Waals surface area contributed by atoms with Gasteiger partial charge in [-0.2, -0.15) is 0 Å². The Morgan fingerprint density at radius 1 is 1.19 bits per heavy atom. The van der Waals surface area contributed by atoms with Crippen LogP contribution in [-0.4, -0.2) is 36.2 Å². The van der Waals surface area contributed by atoms with Gasteiger partial charge >= 0.3 is 6.36 Å². The third-order valence-corrected chi connectivity index (χ3v) is 4.20. The van der Waals surface area contributed by atoms with Crippen molar-refractivity contribution < 1.29 is 31.9 Å². The number of halogens is 3. The van der Waals surface area contributed by atoms with Crippen molar-refractivity contribution in [2.24, 2.45) is 5.92 Å². The van der Waals surface area contributed by atoms with E-state index < -0.39 is 12.3 Å². The van der Waals surface area contributed by atoms with Crippen molar-refractivity contribution >= 4 is 17.5 Å². The molecule has 1 saturated heterocycles. The van der Waals surface area contributed by atoms with Crippen molar-refractivity contribution in [1.29, 1.82) is 0 Å². The number of ether oxygens (including phenoxy) is 1. The minimum Gasteiger partial charge on any atom is -0.472 e. The fraction of sp³-hybridized carbons (Fsp3) is 0.333. The Kier molecular flexibility index (Phi) is 5.38. The minimum absolute atomic E-state index is 0.199. The molecule has 1 aromatic carbocycles. The summed E-state index contributed by atoms with van der Waals surface area (Å²) in [5.41, 5.74) is 0.782. The molecule has 1 aliphatic heterocycles. The fourth-order valence-corrected chi connectivity index (χ4v) is 2.93. The van der Waals surface area contributed by atoms with Crippen molar-refractivity contribution in [2.75, 3.05) is 18.4 Å². The van der Waals surface area contributed by atoms with Crippen molar-refractivity contribution in [1.82, 2.24) is 4.90 Å². The van der Waals surface area contributed by atoms with Crippen molar-refractivity contribution in [3.05, 3.63) is 48.4 Å². The van der Waals surface area contributed by atoms with Gasteiger partial charge in [0.25, 0.3) is 5.91 Å². The topological polar surface area (TPSA) is 71.8 Å². The highest BCUT2D eigenvalue weighted by Crippen LogP contribution is 2.25. The number of amides is 2. The van der Waals surface area contributed by atoms with Crippen LogP contribution in [0, 0.1) is 5.92 Å². The highest BCUT2D eigenvalue weighted by molar-refractivity contribution is 5.96. The van der Waals surface area contributed by atoms with Crippen LogP contribution in [0.5, 0.6) is 5.75 Å². The van der Waals surface area contributed by atoms with E-state index in [1.807, 2.05) is 0 Å². The molecule has 27 heavy (non-hydrogen) atoms. The number of hydrogen-bond acceptors (Lipinski definition) is 4. The van der Waals surface area contributed by atoms with Crippen LogP contribution in [0.2, 0.25) is 0 Å². The standard InChI is InChI=1S/C18H17F3N2O4/c19-18(20,21)27-15-5-3-14(4-6-15)22-16(24)12-2-1-8-23(10-12)17(25)13-7-9-26-11-13/h3-7,9,11-12H,1-2,8,10H2,(H,22,24). The molecule has 1 N–H and O–H groups in total. The predicted octanol–water partition coefficient (Wildman–Crippen LogP) is 3.67. The summed E-state index contributed by atoms with van der Waals surface area (Å²) >= 11 is 0. The molecule has 3 rings (SSSR count). The van der Waals surface area contributed by atoms with Gasteiger partial charge in [-0.1, -0.05) is 0 Å². The molecule has 9 heteroatoms. The summed E-state index contributed by atoms with van der Waals surface area (Å²) < 4.78 is 45.2. The molecule has 2 amide bonds. The molecule has 144 valence electrons. The third-order valence-electron chi connectivity index (χ3n) is 4.20. The SMILES string of the molecule is O=C(Nc1ccc(OC(F)(F)F)cc1)C1CCCN(C(=O)c2ccoc2)C1. The number of carbonyl (C=O) groups is 2. The molecular formula is C18H17F3N2O4. The number of furan rings is 1. The quantitative estimate of drug-likeness (QED) is 0.876. The van der Waals surface area contributed by atoms with E-state index in [0.717, 1.165) is 12.1 Å². The van der Waals surface area contributed by atoms with E-state index in [1.165, 1.54) is 24.7 Å². The summed E-state index contributed by atoms with van der Waals surface area (Å²) in [6.45, 7) is 0.822. The van der Waals surface area contributed by atoms with Gasteiger partial charge in [-0.15, -0.1) is 13.2 Å². The molecule has 0 radical (unpaired) electrons. The normalized spacial score (nSPS) is 17.4. The molecule has 0 saturated carbocycles. The number of nitrogens with zero attached hydrogens (tertiary/aromatic N) is 1. The number of piperidine rings is 1. The highest BCUT2D eigenvalue weighted by atomic mass is 19.4. The lowest BCUT2D eigenvalue weighted by molar-refractivity contribution is -0.274. The predicted molar refractivity (Wildman–Crippen MR) is 89.1 cm³/mol. The van der Waals surface area contributed by atoms with Gasteiger partial charge in [0.15, 0.2) is 0 Å². The molecule has 1 fully saturated rings. The Balaban J connectivity index is 1.58. The average Bonchev–Trinajstić information content (AvgIpc) is 3.16. The van der Waals surface area contributed by atoms with Crippen LogP contribution in [0.4, 0.5) is 18.9 Å². The number of benzene rings is 1. The van der Waals surface area contributed by atoms with Crippen LogP contribution in [-0.2, 0) is 4.79 Å². The minimum atomic E-state index is -4.77. The first-order valence-corrected chi connectivity index (χ1v) is 8.30. The van der Waals surface area contributed by atoms with Crippen LogP contribution in [0.3, 0.4) is 0 Å². The summed E-state index contributed by atoms with van der Waals surface area (Å²) in [7, 11) is 0. The second-order valence-electron chi connectivity index (χ2n) is 6.16. The summed E-state index contributed by atoms with van der Waals surface area (Å²) in [5, 5.41) is 2.66. The molecule has 1 aromatic heterocycles. The Bertz CT molecular complexity index is 788. The van der Waals surface area contributed by atoms with Gasteiger partial charge in [0.2, 0.25) is 5.91 Å². The van der Waals surface area contributed by atoms with Gasteiger partial charge in [0, 0.05) is 18.8 Å². The van der Waals surface area contributed by atoms with E-state index in [4.69, 9.17) is 4.42 Å². The first-order valence-electron chi connectivity index (χ1n) is 8.30. The molecule has 1 aliphatic rings. The number of anilines is 1. The van der Waals surface area contributed by atoms with E-state index in [9.17, 15) is 22.8 Å². The van der Waals surface area contributed by atoms with Gasteiger partial charge in [0.05, 0.1) is 17.7 Å². The smallest absolute Gasteiger partial charge is 0.472 e. The number of nitrogens with one attached hydrogen (secondary N) is 1.